The van der Waals surface area contributed by atoms with E-state index in [-0.39, 0.29) is 5.56 Å². The van der Waals surface area contributed by atoms with E-state index >= 15 is 0 Å². The Bertz CT molecular complexity index is 685. The number of alkyl halides is 3. The Hall–Kier alpha value is -2.51. The van der Waals surface area contributed by atoms with Crippen molar-refractivity contribution in [2.75, 3.05) is 5.32 Å². The molecule has 1 aromatic carbocycles. The number of aromatic nitrogens is 1. The molecule has 0 aliphatic carbocycles. The van der Waals surface area contributed by atoms with Gasteiger partial charge in [-0.25, -0.2) is 0 Å². The average Bonchev–Trinajstić information content (AvgIpc) is 2.41. The maximum atomic E-state index is 13.2. The zero-order chi connectivity index (χ0) is 15.6. The maximum Gasteiger partial charge on any atom is 0.416 e. The lowest BCUT2D eigenvalue weighted by Gasteiger charge is -2.09. The van der Waals surface area contributed by atoms with Gasteiger partial charge in [0, 0.05) is 5.56 Å². The highest BCUT2D eigenvalue weighted by atomic mass is 19.4. The van der Waals surface area contributed by atoms with Crippen LogP contribution in [0, 0.1) is 11.9 Å². The molecule has 1 amide bonds. The maximum absolute atomic E-state index is 13.2. The minimum Gasteiger partial charge on any atom is -0.318 e. The number of hydrogen-bond acceptors (Lipinski definition) is 2. The van der Waals surface area contributed by atoms with E-state index in [2.05, 4.69) is 4.98 Å². The highest BCUT2D eigenvalue weighted by Gasteiger charge is 2.30. The lowest BCUT2D eigenvalue weighted by Crippen LogP contribution is -2.15. The molecule has 0 bridgehead atoms. The first-order valence-corrected chi connectivity index (χ1v) is 5.58. The third-order valence-electron chi connectivity index (χ3n) is 2.52. The minimum absolute atomic E-state index is 0.312. The average molecular weight is 302 g/mol. The van der Waals surface area contributed by atoms with Crippen molar-refractivity contribution in [3.05, 3.63) is 59.4 Å². The standard InChI is InChI=1S/C13H7F5N2O/c14-10-5-4-9(11(15)20-10)19-12(21)7-2-1-3-8(6-7)13(16,17)18/h1-6H,(H,19,21). The molecule has 0 radical (unpaired) electrons. The molecule has 8 heteroatoms. The Labute approximate surface area is 115 Å². The highest BCUT2D eigenvalue weighted by Crippen LogP contribution is 2.29. The van der Waals surface area contributed by atoms with Crippen LogP contribution in [0.1, 0.15) is 15.9 Å². The monoisotopic (exact) mass is 302 g/mol. The van der Waals surface area contributed by atoms with Crippen molar-refractivity contribution in [3.63, 3.8) is 0 Å². The molecule has 21 heavy (non-hydrogen) atoms. The van der Waals surface area contributed by atoms with Gasteiger partial charge >= 0.3 is 6.18 Å². The zero-order valence-corrected chi connectivity index (χ0v) is 10.2. The molecule has 1 N–H and O–H groups in total. The van der Waals surface area contributed by atoms with Crippen molar-refractivity contribution in [1.29, 1.82) is 0 Å². The molecule has 0 fully saturated rings. The van der Waals surface area contributed by atoms with Gasteiger partial charge in [-0.2, -0.15) is 26.9 Å². The van der Waals surface area contributed by atoms with Gasteiger partial charge < -0.3 is 5.32 Å². The molecule has 0 spiro atoms. The third-order valence-corrected chi connectivity index (χ3v) is 2.52. The summed E-state index contributed by atoms with van der Waals surface area (Å²) in [5.74, 6) is -3.31. The molecule has 1 heterocycles. The van der Waals surface area contributed by atoms with Crippen LogP contribution < -0.4 is 5.32 Å². The van der Waals surface area contributed by atoms with E-state index in [1.54, 1.807) is 0 Å². The fourth-order valence-electron chi connectivity index (χ4n) is 1.54. The second kappa shape index (κ2) is 5.47. The second-order valence-corrected chi connectivity index (χ2v) is 4.01. The second-order valence-electron chi connectivity index (χ2n) is 4.01. The molecule has 110 valence electrons. The number of nitrogens with one attached hydrogen (secondary N) is 1. The summed E-state index contributed by atoms with van der Waals surface area (Å²) in [5, 5.41) is 2.02. The van der Waals surface area contributed by atoms with E-state index in [1.807, 2.05) is 5.32 Å². The smallest absolute Gasteiger partial charge is 0.318 e. The van der Waals surface area contributed by atoms with Crippen LogP contribution in [0.15, 0.2) is 36.4 Å². The molecular weight excluding hydrogens is 295 g/mol. The molecule has 2 rings (SSSR count). The minimum atomic E-state index is -4.60. The predicted molar refractivity (Wildman–Crippen MR) is 63.6 cm³/mol. The SMILES string of the molecule is O=C(Nc1ccc(F)nc1F)c1cccc(C(F)(F)F)c1. The molecule has 1 aromatic heterocycles. The molecular formula is C13H7F5N2O. The van der Waals surface area contributed by atoms with Crippen molar-refractivity contribution in [3.8, 4) is 0 Å². The van der Waals surface area contributed by atoms with Gasteiger partial charge in [-0.15, -0.1) is 0 Å². The first kappa shape index (κ1) is 14.9. The summed E-state index contributed by atoms with van der Waals surface area (Å²) in [6.07, 6.45) is -4.60. The van der Waals surface area contributed by atoms with Crippen molar-refractivity contribution in [2.45, 2.75) is 6.18 Å². The van der Waals surface area contributed by atoms with Gasteiger partial charge in [-0.1, -0.05) is 6.07 Å². The Kier molecular flexibility index (Phi) is 3.88. The number of halogens is 5. The number of anilines is 1. The molecule has 0 saturated heterocycles. The number of rotatable bonds is 2. The summed E-state index contributed by atoms with van der Waals surface area (Å²) in [6, 6.07) is 5.35. The van der Waals surface area contributed by atoms with Crippen LogP contribution in [0.25, 0.3) is 0 Å². The summed E-state index contributed by atoms with van der Waals surface area (Å²) in [6.45, 7) is 0. The summed E-state index contributed by atoms with van der Waals surface area (Å²) < 4.78 is 63.4. The summed E-state index contributed by atoms with van der Waals surface area (Å²) in [5.41, 5.74) is -1.75. The molecule has 0 aliphatic heterocycles. The van der Waals surface area contributed by atoms with Crippen LogP contribution in [-0.4, -0.2) is 10.9 Å². The highest BCUT2D eigenvalue weighted by molar-refractivity contribution is 6.04. The number of amides is 1. The summed E-state index contributed by atoms with van der Waals surface area (Å²) in [7, 11) is 0. The molecule has 0 aliphatic rings. The quantitative estimate of drug-likeness (QED) is 0.680. The summed E-state index contributed by atoms with van der Waals surface area (Å²) >= 11 is 0. The largest absolute Gasteiger partial charge is 0.416 e. The topological polar surface area (TPSA) is 42.0 Å². The summed E-state index contributed by atoms with van der Waals surface area (Å²) in [4.78, 5) is 14.6. The molecule has 0 saturated carbocycles. The first-order valence-electron chi connectivity index (χ1n) is 5.58. The zero-order valence-electron chi connectivity index (χ0n) is 10.2. The number of pyridine rings is 1. The van der Waals surface area contributed by atoms with E-state index in [4.69, 9.17) is 0 Å². The third kappa shape index (κ3) is 3.53. The lowest BCUT2D eigenvalue weighted by atomic mass is 10.1. The van der Waals surface area contributed by atoms with Crippen molar-refractivity contribution >= 4 is 11.6 Å². The number of nitrogens with zero attached hydrogens (tertiary/aromatic N) is 1. The Morgan fingerprint density at radius 3 is 2.43 bits per heavy atom. The van der Waals surface area contributed by atoms with Gasteiger partial charge in [-0.3, -0.25) is 4.79 Å². The Morgan fingerprint density at radius 1 is 1.10 bits per heavy atom. The normalized spacial score (nSPS) is 11.3. The van der Waals surface area contributed by atoms with E-state index in [9.17, 15) is 26.7 Å². The van der Waals surface area contributed by atoms with Gasteiger partial charge in [0.2, 0.25) is 11.9 Å². The fraction of sp³-hybridized carbons (Fsp3) is 0.0769. The Morgan fingerprint density at radius 2 is 1.81 bits per heavy atom. The van der Waals surface area contributed by atoms with Crippen molar-refractivity contribution in [2.24, 2.45) is 0 Å². The van der Waals surface area contributed by atoms with Gasteiger partial charge in [0.25, 0.3) is 5.91 Å². The van der Waals surface area contributed by atoms with E-state index in [0.29, 0.717) is 6.07 Å². The van der Waals surface area contributed by atoms with Gasteiger partial charge in [0.1, 0.15) is 0 Å². The van der Waals surface area contributed by atoms with Crippen LogP contribution in [0.5, 0.6) is 0 Å². The lowest BCUT2D eigenvalue weighted by molar-refractivity contribution is -0.137. The first-order chi connectivity index (χ1) is 9.77. The predicted octanol–water partition coefficient (Wildman–Crippen LogP) is 3.63. The molecule has 0 atom stereocenters. The van der Waals surface area contributed by atoms with Gasteiger partial charge in [0.15, 0.2) is 0 Å². The van der Waals surface area contributed by atoms with Crippen LogP contribution in [-0.2, 0) is 6.18 Å². The number of hydrogen-bond donors (Lipinski definition) is 1. The van der Waals surface area contributed by atoms with Crippen LogP contribution >= 0.6 is 0 Å². The Balaban J connectivity index is 2.25. The van der Waals surface area contributed by atoms with E-state index in [0.717, 1.165) is 30.3 Å². The van der Waals surface area contributed by atoms with Crippen molar-refractivity contribution in [1.82, 2.24) is 4.98 Å². The van der Waals surface area contributed by atoms with E-state index < -0.39 is 35.2 Å². The van der Waals surface area contributed by atoms with Gasteiger partial charge in [-0.05, 0) is 30.3 Å². The molecule has 0 unspecified atom stereocenters. The molecule has 2 aromatic rings. The molecule has 3 nitrogen and oxygen atoms in total. The van der Waals surface area contributed by atoms with Crippen molar-refractivity contribution < 1.29 is 26.7 Å². The van der Waals surface area contributed by atoms with Crippen LogP contribution in [0.2, 0.25) is 0 Å². The fourth-order valence-corrected chi connectivity index (χ4v) is 1.54. The van der Waals surface area contributed by atoms with E-state index in [1.165, 1.54) is 0 Å². The number of carbonyl (C=O) groups excluding carboxylic acids is 1. The van der Waals surface area contributed by atoms with Crippen LogP contribution in [0.3, 0.4) is 0 Å². The van der Waals surface area contributed by atoms with Crippen LogP contribution in [0.4, 0.5) is 27.6 Å². The number of benzene rings is 1. The number of carbonyl (C=O) groups is 1. The van der Waals surface area contributed by atoms with Gasteiger partial charge in [0.05, 0.1) is 11.3 Å².